The monoisotopic (exact) mass is 301 g/mol. The van der Waals surface area contributed by atoms with Crippen LogP contribution >= 0.6 is 15.9 Å². The summed E-state index contributed by atoms with van der Waals surface area (Å²) in [6, 6.07) is 5.22. The normalized spacial score (nSPS) is 14.6. The van der Waals surface area contributed by atoms with Crippen LogP contribution in [-0.2, 0) is 0 Å². The van der Waals surface area contributed by atoms with E-state index in [1.54, 1.807) is 6.07 Å². The Bertz CT molecular complexity index is 334. The van der Waals surface area contributed by atoms with Crippen molar-refractivity contribution in [1.29, 1.82) is 0 Å². The van der Waals surface area contributed by atoms with Gasteiger partial charge in [0.05, 0.1) is 0 Å². The van der Waals surface area contributed by atoms with Crippen molar-refractivity contribution in [1.82, 2.24) is 5.32 Å². The number of hydrogen-bond donors (Lipinski definition) is 1. The summed E-state index contributed by atoms with van der Waals surface area (Å²) in [5.41, 5.74) is 0.748. The Morgan fingerprint density at radius 2 is 2.12 bits per heavy atom. The molecule has 2 unspecified atom stereocenters. The van der Waals surface area contributed by atoms with Gasteiger partial charge in [0.1, 0.15) is 5.82 Å². The van der Waals surface area contributed by atoms with E-state index in [-0.39, 0.29) is 11.9 Å². The molecule has 96 valence electrons. The summed E-state index contributed by atoms with van der Waals surface area (Å²) < 4.78 is 14.7. The molecule has 0 fully saturated rings. The van der Waals surface area contributed by atoms with Crippen LogP contribution in [0.3, 0.4) is 0 Å². The van der Waals surface area contributed by atoms with Crippen molar-refractivity contribution in [3.63, 3.8) is 0 Å². The minimum atomic E-state index is -0.137. The molecule has 3 heteroatoms. The van der Waals surface area contributed by atoms with Gasteiger partial charge in [0.25, 0.3) is 0 Å². The molecule has 17 heavy (non-hydrogen) atoms. The molecule has 0 aliphatic heterocycles. The number of nitrogens with one attached hydrogen (secondary N) is 1. The lowest BCUT2D eigenvalue weighted by atomic mass is 9.93. The standard InChI is InChI=1S/C14H21BrFN/c1-4-6-10(2)9-13(17-3)14-11(15)7-5-8-12(14)16/h5,7-8,10,13,17H,4,6,9H2,1-3H3. The van der Waals surface area contributed by atoms with E-state index in [1.807, 2.05) is 13.1 Å². The van der Waals surface area contributed by atoms with Gasteiger partial charge in [0.15, 0.2) is 0 Å². The third kappa shape index (κ3) is 4.07. The predicted octanol–water partition coefficient (Wildman–Crippen LogP) is 4.68. The largest absolute Gasteiger partial charge is 0.313 e. The van der Waals surface area contributed by atoms with Crippen molar-refractivity contribution in [3.05, 3.63) is 34.1 Å². The van der Waals surface area contributed by atoms with Gasteiger partial charge in [-0.3, -0.25) is 0 Å². The van der Waals surface area contributed by atoms with E-state index >= 15 is 0 Å². The van der Waals surface area contributed by atoms with Crippen LogP contribution in [0.2, 0.25) is 0 Å². The van der Waals surface area contributed by atoms with Crippen molar-refractivity contribution < 1.29 is 4.39 Å². The van der Waals surface area contributed by atoms with E-state index in [9.17, 15) is 4.39 Å². The maximum Gasteiger partial charge on any atom is 0.129 e. The Morgan fingerprint density at radius 1 is 1.41 bits per heavy atom. The van der Waals surface area contributed by atoms with Crippen molar-refractivity contribution in [2.45, 2.75) is 39.2 Å². The van der Waals surface area contributed by atoms with Crippen LogP contribution in [0.5, 0.6) is 0 Å². The molecule has 2 atom stereocenters. The van der Waals surface area contributed by atoms with E-state index < -0.39 is 0 Å². The summed E-state index contributed by atoms with van der Waals surface area (Å²) in [5, 5.41) is 3.22. The molecule has 1 aromatic rings. The average molecular weight is 302 g/mol. The second-order valence-electron chi connectivity index (χ2n) is 4.61. The van der Waals surface area contributed by atoms with Crippen LogP contribution in [0.1, 0.15) is 44.7 Å². The van der Waals surface area contributed by atoms with Gasteiger partial charge in [-0.25, -0.2) is 4.39 Å². The summed E-state index contributed by atoms with van der Waals surface area (Å²) in [6.07, 6.45) is 3.32. The Hall–Kier alpha value is -0.410. The van der Waals surface area contributed by atoms with Crippen molar-refractivity contribution in [2.24, 2.45) is 5.92 Å². The quantitative estimate of drug-likeness (QED) is 0.805. The molecule has 0 aliphatic carbocycles. The predicted molar refractivity (Wildman–Crippen MR) is 74.6 cm³/mol. The summed E-state index contributed by atoms with van der Waals surface area (Å²) >= 11 is 3.44. The van der Waals surface area contributed by atoms with Crippen molar-refractivity contribution in [3.8, 4) is 0 Å². The summed E-state index contributed by atoms with van der Waals surface area (Å²) in [5.74, 6) is 0.464. The first kappa shape index (κ1) is 14.7. The highest BCUT2D eigenvalue weighted by Crippen LogP contribution is 2.31. The van der Waals surface area contributed by atoms with Crippen LogP contribution in [-0.4, -0.2) is 7.05 Å². The topological polar surface area (TPSA) is 12.0 Å². The van der Waals surface area contributed by atoms with Gasteiger partial charge >= 0.3 is 0 Å². The van der Waals surface area contributed by atoms with Gasteiger partial charge in [-0.1, -0.05) is 48.7 Å². The number of benzene rings is 1. The fourth-order valence-electron chi connectivity index (χ4n) is 2.24. The molecule has 0 saturated carbocycles. The Labute approximate surface area is 112 Å². The van der Waals surface area contributed by atoms with E-state index in [0.29, 0.717) is 5.92 Å². The zero-order valence-corrected chi connectivity index (χ0v) is 12.3. The van der Waals surface area contributed by atoms with Gasteiger partial charge in [0.2, 0.25) is 0 Å². The average Bonchev–Trinajstić information content (AvgIpc) is 2.27. The van der Waals surface area contributed by atoms with Crippen molar-refractivity contribution >= 4 is 15.9 Å². The lowest BCUT2D eigenvalue weighted by Crippen LogP contribution is -2.20. The second kappa shape index (κ2) is 7.12. The van der Waals surface area contributed by atoms with Gasteiger partial charge in [-0.15, -0.1) is 0 Å². The van der Waals surface area contributed by atoms with Gasteiger partial charge in [-0.2, -0.15) is 0 Å². The zero-order chi connectivity index (χ0) is 12.8. The van der Waals surface area contributed by atoms with Crippen LogP contribution < -0.4 is 5.32 Å². The minimum Gasteiger partial charge on any atom is -0.313 e. The van der Waals surface area contributed by atoms with E-state index in [4.69, 9.17) is 0 Å². The summed E-state index contributed by atoms with van der Waals surface area (Å²) in [6.45, 7) is 4.41. The fourth-order valence-corrected chi connectivity index (χ4v) is 2.85. The Morgan fingerprint density at radius 3 is 2.65 bits per heavy atom. The molecular weight excluding hydrogens is 281 g/mol. The molecule has 0 aliphatic rings. The van der Waals surface area contributed by atoms with Crippen molar-refractivity contribution in [2.75, 3.05) is 7.05 Å². The lowest BCUT2D eigenvalue weighted by Gasteiger charge is -2.22. The highest BCUT2D eigenvalue weighted by atomic mass is 79.9. The minimum absolute atomic E-state index is 0.0760. The molecule has 0 aromatic heterocycles. The first-order valence-electron chi connectivity index (χ1n) is 6.21. The number of hydrogen-bond acceptors (Lipinski definition) is 1. The SMILES string of the molecule is CCCC(C)CC(NC)c1c(F)cccc1Br. The molecular formula is C14H21BrFN. The van der Waals surface area contributed by atoms with Crippen LogP contribution in [0, 0.1) is 11.7 Å². The molecule has 1 rings (SSSR count). The first-order valence-corrected chi connectivity index (χ1v) is 7.00. The summed E-state index contributed by atoms with van der Waals surface area (Å²) in [7, 11) is 1.89. The highest BCUT2D eigenvalue weighted by molar-refractivity contribution is 9.10. The maximum absolute atomic E-state index is 13.9. The van der Waals surface area contributed by atoms with Gasteiger partial charge < -0.3 is 5.32 Å². The van der Waals surface area contributed by atoms with Crippen LogP contribution in [0.4, 0.5) is 4.39 Å². The fraction of sp³-hybridized carbons (Fsp3) is 0.571. The Kier molecular flexibility index (Phi) is 6.14. The first-order chi connectivity index (χ1) is 8.10. The molecule has 0 spiro atoms. The Balaban J connectivity index is 2.86. The number of halogens is 2. The maximum atomic E-state index is 13.9. The summed E-state index contributed by atoms with van der Waals surface area (Å²) in [4.78, 5) is 0. The molecule has 1 nitrogen and oxygen atoms in total. The second-order valence-corrected chi connectivity index (χ2v) is 5.46. The smallest absolute Gasteiger partial charge is 0.129 e. The molecule has 0 radical (unpaired) electrons. The van der Waals surface area contributed by atoms with E-state index in [1.165, 1.54) is 18.9 Å². The highest BCUT2D eigenvalue weighted by Gasteiger charge is 2.19. The van der Waals surface area contributed by atoms with Gasteiger partial charge in [0, 0.05) is 16.1 Å². The zero-order valence-electron chi connectivity index (χ0n) is 10.8. The third-order valence-corrected chi connectivity index (χ3v) is 3.81. The molecule has 0 amide bonds. The molecule has 1 aromatic carbocycles. The lowest BCUT2D eigenvalue weighted by molar-refractivity contribution is 0.396. The number of rotatable bonds is 6. The van der Waals surface area contributed by atoms with E-state index in [0.717, 1.165) is 16.5 Å². The molecule has 0 bridgehead atoms. The van der Waals surface area contributed by atoms with Crippen LogP contribution in [0.15, 0.2) is 22.7 Å². The van der Waals surface area contributed by atoms with Crippen LogP contribution in [0.25, 0.3) is 0 Å². The molecule has 0 heterocycles. The third-order valence-electron chi connectivity index (χ3n) is 3.12. The molecule has 0 saturated heterocycles. The van der Waals surface area contributed by atoms with E-state index in [2.05, 4.69) is 35.1 Å². The van der Waals surface area contributed by atoms with Gasteiger partial charge in [-0.05, 0) is 31.5 Å². The molecule has 1 N–H and O–H groups in total.